The Morgan fingerprint density at radius 3 is 2.69 bits per heavy atom. The maximum Gasteiger partial charge on any atom is 0.230 e. The van der Waals surface area contributed by atoms with Crippen LogP contribution in [0, 0.1) is 5.82 Å². The summed E-state index contributed by atoms with van der Waals surface area (Å²) in [6, 6.07) is 12.0. The van der Waals surface area contributed by atoms with Gasteiger partial charge >= 0.3 is 0 Å². The number of hydrogen-bond donors (Lipinski definition) is 0. The summed E-state index contributed by atoms with van der Waals surface area (Å²) in [5.74, 6) is 1.02. The van der Waals surface area contributed by atoms with E-state index in [4.69, 9.17) is 16.1 Å². The van der Waals surface area contributed by atoms with Gasteiger partial charge in [0.15, 0.2) is 5.65 Å². The van der Waals surface area contributed by atoms with Gasteiger partial charge < -0.3 is 9.42 Å². The van der Waals surface area contributed by atoms with E-state index in [2.05, 4.69) is 37.0 Å². The molecule has 6 rings (SSSR count). The van der Waals surface area contributed by atoms with Gasteiger partial charge in [-0.25, -0.2) is 14.4 Å². The summed E-state index contributed by atoms with van der Waals surface area (Å²) < 4.78 is 20.3. The van der Waals surface area contributed by atoms with Crippen LogP contribution in [0.25, 0.3) is 44.8 Å². The highest BCUT2D eigenvalue weighted by Gasteiger charge is 2.24. The Labute approximate surface area is 212 Å². The van der Waals surface area contributed by atoms with Gasteiger partial charge in [0, 0.05) is 51.6 Å². The van der Waals surface area contributed by atoms with Crippen LogP contribution in [0.2, 0.25) is 5.02 Å². The number of hydrogen-bond acceptors (Lipinski definition) is 7. The van der Waals surface area contributed by atoms with Crippen LogP contribution in [-0.4, -0.2) is 50.1 Å². The second-order valence-corrected chi connectivity index (χ2v) is 9.49. The Kier molecular flexibility index (Phi) is 5.91. The fraction of sp³-hybridized carbons (Fsp3) is 0.222. The number of piperidine rings is 1. The molecule has 7 nitrogen and oxygen atoms in total. The van der Waals surface area contributed by atoms with Crippen molar-refractivity contribution in [2.45, 2.75) is 18.8 Å². The monoisotopic (exact) mass is 500 g/mol. The number of aromatic nitrogens is 5. The van der Waals surface area contributed by atoms with E-state index in [1.165, 1.54) is 12.1 Å². The molecule has 1 saturated heterocycles. The third-order valence-corrected chi connectivity index (χ3v) is 6.84. The van der Waals surface area contributed by atoms with Crippen molar-refractivity contribution in [2.75, 3.05) is 20.1 Å². The quantitative estimate of drug-likeness (QED) is 0.299. The molecule has 0 unspecified atom stereocenters. The molecule has 0 bridgehead atoms. The molecule has 5 heterocycles. The Balaban J connectivity index is 1.42. The average molecular weight is 501 g/mol. The molecule has 180 valence electrons. The van der Waals surface area contributed by atoms with Crippen LogP contribution in [0.4, 0.5) is 4.39 Å². The highest BCUT2D eigenvalue weighted by atomic mass is 35.5. The zero-order chi connectivity index (χ0) is 24.6. The fourth-order valence-electron chi connectivity index (χ4n) is 4.61. The van der Waals surface area contributed by atoms with Crippen LogP contribution in [-0.2, 0) is 0 Å². The van der Waals surface area contributed by atoms with Crippen molar-refractivity contribution in [3.05, 3.63) is 77.8 Å². The molecule has 0 atom stereocenters. The Morgan fingerprint density at radius 2 is 1.83 bits per heavy atom. The molecule has 0 radical (unpaired) electrons. The van der Waals surface area contributed by atoms with E-state index in [0.717, 1.165) is 48.0 Å². The number of rotatable bonds is 4. The molecule has 0 spiro atoms. The first-order chi connectivity index (χ1) is 17.5. The highest BCUT2D eigenvalue weighted by molar-refractivity contribution is 6.30. The van der Waals surface area contributed by atoms with Crippen LogP contribution < -0.4 is 0 Å². The molecule has 1 aliphatic heterocycles. The molecule has 0 amide bonds. The van der Waals surface area contributed by atoms with Crippen molar-refractivity contribution in [1.82, 2.24) is 30.0 Å². The van der Waals surface area contributed by atoms with Gasteiger partial charge in [-0.05, 0) is 81.0 Å². The number of halogens is 2. The number of pyridine rings is 3. The zero-order valence-corrected chi connectivity index (χ0v) is 20.3. The predicted octanol–water partition coefficient (Wildman–Crippen LogP) is 6.01. The standard InChI is InChI=1S/C27H22ClFN6O/c1-35-9-6-16(7-10-35)27-33-25(34-36-27)18-11-17(14-30-15-18)21-13-24(22-12-19(28)4-5-23(22)29)32-26-20(21)3-2-8-31-26/h2-5,8,11-16H,6-7,9-10H2,1H3. The maximum atomic E-state index is 14.7. The van der Waals surface area contributed by atoms with E-state index in [9.17, 15) is 4.39 Å². The summed E-state index contributed by atoms with van der Waals surface area (Å²) in [7, 11) is 2.12. The average Bonchev–Trinajstić information content (AvgIpc) is 3.40. The molecular formula is C27H22ClFN6O. The molecule has 36 heavy (non-hydrogen) atoms. The Hall–Kier alpha value is -3.75. The summed E-state index contributed by atoms with van der Waals surface area (Å²) in [5.41, 5.74) is 3.60. The van der Waals surface area contributed by atoms with Crippen molar-refractivity contribution >= 4 is 22.6 Å². The number of nitrogens with zero attached hydrogens (tertiary/aromatic N) is 6. The molecule has 0 aliphatic carbocycles. The van der Waals surface area contributed by atoms with E-state index in [1.807, 2.05) is 24.3 Å². The van der Waals surface area contributed by atoms with E-state index < -0.39 is 5.82 Å². The highest BCUT2D eigenvalue weighted by Crippen LogP contribution is 2.34. The first kappa shape index (κ1) is 22.7. The van der Waals surface area contributed by atoms with E-state index in [-0.39, 0.29) is 5.92 Å². The molecule has 1 aromatic carbocycles. The van der Waals surface area contributed by atoms with Crippen LogP contribution in [0.5, 0.6) is 0 Å². The number of fused-ring (bicyclic) bond motifs is 1. The van der Waals surface area contributed by atoms with Gasteiger partial charge in [-0.2, -0.15) is 4.98 Å². The Bertz CT molecular complexity index is 1560. The lowest BCUT2D eigenvalue weighted by atomic mass is 9.97. The lowest BCUT2D eigenvalue weighted by Crippen LogP contribution is -2.29. The van der Waals surface area contributed by atoms with Crippen LogP contribution in [0.3, 0.4) is 0 Å². The molecule has 0 N–H and O–H groups in total. The van der Waals surface area contributed by atoms with Crippen molar-refractivity contribution in [1.29, 1.82) is 0 Å². The smallest absolute Gasteiger partial charge is 0.230 e. The van der Waals surface area contributed by atoms with E-state index in [1.54, 1.807) is 24.7 Å². The van der Waals surface area contributed by atoms with Gasteiger partial charge in [-0.1, -0.05) is 16.8 Å². The fourth-order valence-corrected chi connectivity index (χ4v) is 4.78. The molecule has 9 heteroatoms. The summed E-state index contributed by atoms with van der Waals surface area (Å²) in [5, 5.41) is 5.49. The van der Waals surface area contributed by atoms with Crippen LogP contribution in [0.15, 0.2) is 65.6 Å². The van der Waals surface area contributed by atoms with Gasteiger partial charge in [0.2, 0.25) is 11.7 Å². The van der Waals surface area contributed by atoms with E-state index >= 15 is 0 Å². The molecule has 1 aliphatic rings. The van der Waals surface area contributed by atoms with Crippen molar-refractivity contribution < 1.29 is 8.91 Å². The minimum absolute atomic E-state index is 0.268. The van der Waals surface area contributed by atoms with Gasteiger partial charge in [0.1, 0.15) is 5.82 Å². The van der Waals surface area contributed by atoms with Crippen molar-refractivity contribution in [3.63, 3.8) is 0 Å². The lowest BCUT2D eigenvalue weighted by molar-refractivity contribution is 0.227. The summed E-state index contributed by atoms with van der Waals surface area (Å²) in [6.07, 6.45) is 7.12. The maximum absolute atomic E-state index is 14.7. The second-order valence-electron chi connectivity index (χ2n) is 9.05. The first-order valence-electron chi connectivity index (χ1n) is 11.7. The first-order valence-corrected chi connectivity index (χ1v) is 12.1. The lowest BCUT2D eigenvalue weighted by Gasteiger charge is -2.26. The van der Waals surface area contributed by atoms with Gasteiger partial charge in [-0.3, -0.25) is 4.98 Å². The van der Waals surface area contributed by atoms with Gasteiger partial charge in [0.25, 0.3) is 0 Å². The molecule has 4 aromatic heterocycles. The summed E-state index contributed by atoms with van der Waals surface area (Å²) in [4.78, 5) is 20.5. The zero-order valence-electron chi connectivity index (χ0n) is 19.5. The minimum atomic E-state index is -0.409. The third-order valence-electron chi connectivity index (χ3n) is 6.61. The normalized spacial score (nSPS) is 15.0. The van der Waals surface area contributed by atoms with E-state index in [0.29, 0.717) is 33.6 Å². The summed E-state index contributed by atoms with van der Waals surface area (Å²) in [6.45, 7) is 2.02. The summed E-state index contributed by atoms with van der Waals surface area (Å²) >= 11 is 6.15. The van der Waals surface area contributed by atoms with Crippen molar-refractivity contribution in [3.8, 4) is 33.8 Å². The SMILES string of the molecule is CN1CCC(c2nc(-c3cncc(-c4cc(-c5cc(Cl)ccc5F)nc5ncccc45)c3)no2)CC1. The number of benzene rings is 1. The molecule has 0 saturated carbocycles. The van der Waals surface area contributed by atoms with Gasteiger partial charge in [0.05, 0.1) is 5.69 Å². The van der Waals surface area contributed by atoms with Gasteiger partial charge in [-0.15, -0.1) is 0 Å². The molecule has 5 aromatic rings. The van der Waals surface area contributed by atoms with Crippen molar-refractivity contribution in [2.24, 2.45) is 0 Å². The predicted molar refractivity (Wildman–Crippen MR) is 136 cm³/mol. The third kappa shape index (κ3) is 4.34. The number of likely N-dealkylation sites (tertiary alicyclic amines) is 1. The topological polar surface area (TPSA) is 80.8 Å². The van der Waals surface area contributed by atoms with Crippen LogP contribution in [0.1, 0.15) is 24.7 Å². The minimum Gasteiger partial charge on any atom is -0.339 e. The second kappa shape index (κ2) is 9.37. The Morgan fingerprint density at radius 1 is 1.00 bits per heavy atom. The molecular weight excluding hydrogens is 479 g/mol. The molecule has 1 fully saturated rings. The van der Waals surface area contributed by atoms with Crippen LogP contribution >= 0.6 is 11.6 Å². The largest absolute Gasteiger partial charge is 0.339 e.